The molecular weight excluding hydrogens is 211 g/mol. The van der Waals surface area contributed by atoms with E-state index in [1.54, 1.807) is 0 Å². The maximum atomic E-state index is 13.2. The van der Waals surface area contributed by atoms with Crippen molar-refractivity contribution in [3.63, 3.8) is 0 Å². The van der Waals surface area contributed by atoms with E-state index in [0.717, 1.165) is 6.07 Å². The van der Waals surface area contributed by atoms with E-state index in [4.69, 9.17) is 0 Å². The molecule has 3 nitrogen and oxygen atoms in total. The number of rotatable bonds is 1. The average molecular weight is 220 g/mol. The lowest BCUT2D eigenvalue weighted by Gasteiger charge is -1.97. The van der Waals surface area contributed by atoms with Gasteiger partial charge in [0.25, 0.3) is 0 Å². The zero-order valence-corrected chi connectivity index (χ0v) is 8.83. The summed E-state index contributed by atoms with van der Waals surface area (Å²) >= 11 is 0. The molecule has 82 valence electrons. The van der Waals surface area contributed by atoms with Crippen LogP contribution in [0.4, 0.5) is 4.39 Å². The third-order valence-electron chi connectivity index (χ3n) is 1.86. The monoisotopic (exact) mass is 220 g/mol. The predicted octanol–water partition coefficient (Wildman–Crippen LogP) is 1.55. The third kappa shape index (κ3) is 2.92. The Morgan fingerprint density at radius 1 is 1.38 bits per heavy atom. The van der Waals surface area contributed by atoms with Gasteiger partial charge in [-0.1, -0.05) is 5.92 Å². The van der Waals surface area contributed by atoms with Crippen molar-refractivity contribution in [2.24, 2.45) is 0 Å². The van der Waals surface area contributed by atoms with Crippen LogP contribution in [0.2, 0.25) is 0 Å². The molecule has 1 aromatic rings. The maximum absolute atomic E-state index is 13.2. The Morgan fingerprint density at radius 2 is 2.06 bits per heavy atom. The van der Waals surface area contributed by atoms with Crippen LogP contribution in [-0.4, -0.2) is 18.9 Å². The van der Waals surface area contributed by atoms with Crippen molar-refractivity contribution >= 4 is 11.8 Å². The van der Waals surface area contributed by atoms with Gasteiger partial charge in [-0.05, 0) is 25.1 Å². The second-order valence-corrected chi connectivity index (χ2v) is 2.99. The molecule has 0 radical (unpaired) electrons. The van der Waals surface area contributed by atoms with Crippen LogP contribution < -0.4 is 0 Å². The molecule has 0 amide bonds. The normalized spacial score (nSPS) is 8.94. The fourth-order valence-electron chi connectivity index (χ4n) is 1.01. The summed E-state index contributed by atoms with van der Waals surface area (Å²) in [5, 5.41) is 0. The predicted molar refractivity (Wildman–Crippen MR) is 55.3 cm³/mol. The van der Waals surface area contributed by atoms with Crippen molar-refractivity contribution in [2.75, 3.05) is 7.11 Å². The number of ketones is 1. The Morgan fingerprint density at radius 3 is 2.62 bits per heavy atom. The van der Waals surface area contributed by atoms with Crippen LogP contribution in [0, 0.1) is 17.7 Å². The van der Waals surface area contributed by atoms with E-state index >= 15 is 0 Å². The van der Waals surface area contributed by atoms with Crippen LogP contribution in [0.25, 0.3) is 0 Å². The summed E-state index contributed by atoms with van der Waals surface area (Å²) in [5.41, 5.74) is 0.341. The van der Waals surface area contributed by atoms with Crippen molar-refractivity contribution in [1.29, 1.82) is 0 Å². The van der Waals surface area contributed by atoms with Gasteiger partial charge in [-0.3, -0.25) is 4.79 Å². The van der Waals surface area contributed by atoms with Crippen LogP contribution in [-0.2, 0) is 9.53 Å². The van der Waals surface area contributed by atoms with Crippen molar-refractivity contribution in [3.05, 3.63) is 35.1 Å². The minimum atomic E-state index is -0.757. The van der Waals surface area contributed by atoms with Crippen molar-refractivity contribution in [2.45, 2.75) is 6.92 Å². The number of halogens is 1. The number of Topliss-reactive ketones (excluding diaryl/α,β-unsaturated/α-hetero) is 1. The van der Waals surface area contributed by atoms with Crippen molar-refractivity contribution in [1.82, 2.24) is 0 Å². The topological polar surface area (TPSA) is 43.4 Å². The molecule has 1 rings (SSSR count). The minimum Gasteiger partial charge on any atom is -0.459 e. The quantitative estimate of drug-likeness (QED) is 0.409. The summed E-state index contributed by atoms with van der Waals surface area (Å²) in [4.78, 5) is 21.8. The molecule has 0 aliphatic carbocycles. The number of hydrogen-bond acceptors (Lipinski definition) is 3. The molecule has 1 aromatic carbocycles. The molecule has 0 saturated heterocycles. The highest BCUT2D eigenvalue weighted by atomic mass is 19.1. The molecule has 0 N–H and O–H groups in total. The standard InChI is InChI=1S/C12H9FO3/c1-8(14)9-3-5-11(13)10(7-9)4-6-12(15)16-2/h3,5,7H,1-2H3. The molecule has 16 heavy (non-hydrogen) atoms. The van der Waals surface area contributed by atoms with E-state index < -0.39 is 11.8 Å². The highest BCUT2D eigenvalue weighted by Gasteiger charge is 2.04. The van der Waals surface area contributed by atoms with Gasteiger partial charge in [0, 0.05) is 11.5 Å². The summed E-state index contributed by atoms with van der Waals surface area (Å²) in [6.45, 7) is 1.37. The van der Waals surface area contributed by atoms with Crippen molar-refractivity contribution in [3.8, 4) is 11.8 Å². The highest BCUT2D eigenvalue weighted by molar-refractivity contribution is 5.94. The van der Waals surface area contributed by atoms with Gasteiger partial charge in [0.1, 0.15) is 5.82 Å². The second-order valence-electron chi connectivity index (χ2n) is 2.99. The van der Waals surface area contributed by atoms with E-state index in [-0.39, 0.29) is 11.3 Å². The first kappa shape index (κ1) is 11.9. The first-order chi connectivity index (χ1) is 7.54. The van der Waals surface area contributed by atoms with Gasteiger partial charge < -0.3 is 4.74 Å². The molecule has 0 saturated carbocycles. The Bertz CT molecular complexity index is 495. The Balaban J connectivity index is 3.11. The fourth-order valence-corrected chi connectivity index (χ4v) is 1.01. The van der Waals surface area contributed by atoms with Crippen LogP contribution in [0.15, 0.2) is 18.2 Å². The van der Waals surface area contributed by atoms with E-state index in [0.29, 0.717) is 5.56 Å². The number of methoxy groups -OCH3 is 1. The van der Waals surface area contributed by atoms with Crippen LogP contribution >= 0.6 is 0 Å². The van der Waals surface area contributed by atoms with Crippen molar-refractivity contribution < 1.29 is 18.7 Å². The van der Waals surface area contributed by atoms with E-state index in [2.05, 4.69) is 16.6 Å². The largest absolute Gasteiger partial charge is 0.459 e. The second kappa shape index (κ2) is 5.08. The van der Waals surface area contributed by atoms with Crippen LogP contribution in [0.3, 0.4) is 0 Å². The number of benzene rings is 1. The summed E-state index contributed by atoms with van der Waals surface area (Å²) < 4.78 is 17.5. The Kier molecular flexibility index (Phi) is 3.78. The number of hydrogen-bond donors (Lipinski definition) is 0. The lowest BCUT2D eigenvalue weighted by Crippen LogP contribution is -1.97. The van der Waals surface area contributed by atoms with Gasteiger partial charge in [-0.2, -0.15) is 0 Å². The molecule has 4 heteroatoms. The first-order valence-electron chi connectivity index (χ1n) is 4.45. The molecule has 0 bridgehead atoms. The molecular formula is C12H9FO3. The van der Waals surface area contributed by atoms with E-state index in [1.807, 2.05) is 0 Å². The van der Waals surface area contributed by atoms with Gasteiger partial charge in [0.15, 0.2) is 5.78 Å². The van der Waals surface area contributed by atoms with Gasteiger partial charge in [-0.25, -0.2) is 9.18 Å². The summed E-state index contributed by atoms with van der Waals surface area (Å²) in [7, 11) is 1.18. The zero-order valence-electron chi connectivity index (χ0n) is 8.83. The van der Waals surface area contributed by atoms with Crippen LogP contribution in [0.1, 0.15) is 22.8 Å². The highest BCUT2D eigenvalue weighted by Crippen LogP contribution is 2.09. The molecule has 0 spiro atoms. The van der Waals surface area contributed by atoms with Crippen LogP contribution in [0.5, 0.6) is 0 Å². The Hall–Kier alpha value is -2.15. The average Bonchev–Trinajstić information content (AvgIpc) is 2.27. The molecule has 0 aromatic heterocycles. The SMILES string of the molecule is COC(=O)C#Cc1cc(C(C)=O)ccc1F. The number of carbonyl (C=O) groups excluding carboxylic acids is 2. The lowest BCUT2D eigenvalue weighted by atomic mass is 10.1. The molecule has 0 heterocycles. The van der Waals surface area contributed by atoms with Gasteiger partial charge in [0.2, 0.25) is 0 Å². The first-order valence-corrected chi connectivity index (χ1v) is 4.45. The number of carbonyl (C=O) groups is 2. The fraction of sp³-hybridized carbons (Fsp3) is 0.167. The molecule has 0 atom stereocenters. The van der Waals surface area contributed by atoms with Gasteiger partial charge in [-0.15, -0.1) is 0 Å². The molecule has 0 aliphatic heterocycles. The smallest absolute Gasteiger partial charge is 0.384 e. The van der Waals surface area contributed by atoms with Gasteiger partial charge >= 0.3 is 5.97 Å². The summed E-state index contributed by atoms with van der Waals surface area (Å²) in [6, 6.07) is 3.80. The number of esters is 1. The minimum absolute atomic E-state index is 0.00176. The lowest BCUT2D eigenvalue weighted by molar-refractivity contribution is -0.133. The van der Waals surface area contributed by atoms with Gasteiger partial charge in [0.05, 0.1) is 12.7 Å². The van der Waals surface area contributed by atoms with E-state index in [1.165, 1.54) is 26.2 Å². The van der Waals surface area contributed by atoms with E-state index in [9.17, 15) is 14.0 Å². The molecule has 0 fully saturated rings. The maximum Gasteiger partial charge on any atom is 0.384 e. The number of ether oxygens (including phenoxy) is 1. The Labute approximate surface area is 92.2 Å². The molecule has 0 aliphatic rings. The summed E-state index contributed by atoms with van der Waals surface area (Å²) in [6.07, 6.45) is 0. The molecule has 0 unspecified atom stereocenters. The third-order valence-corrected chi connectivity index (χ3v) is 1.86. The summed E-state index contributed by atoms with van der Waals surface area (Å²) in [5.74, 6) is 2.87. The zero-order chi connectivity index (χ0) is 12.1.